The lowest BCUT2D eigenvalue weighted by molar-refractivity contribution is -0.142. The topological polar surface area (TPSA) is 309 Å². The highest BCUT2D eigenvalue weighted by Gasteiger charge is 2.31. The lowest BCUT2D eigenvalue weighted by Gasteiger charge is -2.20. The van der Waals surface area contributed by atoms with Crippen molar-refractivity contribution in [3.63, 3.8) is 0 Å². The van der Waals surface area contributed by atoms with Crippen molar-refractivity contribution in [2.24, 2.45) is 17.3 Å². The molecular weight excluding hydrogens is 988 g/mol. The number of aliphatic carboxylic acids is 3. The molecule has 366 valence electrons. The number of anilines is 3. The SMILES string of the molecule is CC(C)(CC(=O)O)C(=O)Nc1nc(-c2ccc(F)cc2)c(C#N)s1.CC(CC(=O)O)C(=O)Nc1nc(-c2ccc(F)cc2)c(C#N)s1.C[C@@H](CCC(=O)O)C(=O)Nc1nc(-c2ccc(F)cc2)c(C#N)s1. The molecule has 0 aliphatic rings. The number of nitriles is 3. The average Bonchev–Trinajstić information content (AvgIpc) is 4.05. The Morgan fingerprint density at radius 3 is 1.21 bits per heavy atom. The standard InChI is InChI=1S/2C16H14FN3O3S.C15H12FN3O3S/c1-16(2,7-12(21)22)14(23)20-15-19-13(11(8-18)24-15)9-3-5-10(17)6-4-9;1-9(2-7-13(21)22)15(23)20-16-19-14(12(8-18)24-16)10-3-5-11(17)6-4-10;1-8(6-12(20)21)14(22)19-15-18-13(11(7-17)23-15)9-2-4-10(16)5-3-9/h3-6H,7H2,1-2H3,(H,21,22)(H,19,20,23);3-6,9H,2,7H2,1H3,(H,21,22)(H,19,20,23);2-5,8H,6H2,1H3,(H,20,21)(H,18,19,22)/t;9-;/m.0./s1. The van der Waals surface area contributed by atoms with Crippen LogP contribution < -0.4 is 16.0 Å². The van der Waals surface area contributed by atoms with Crippen molar-refractivity contribution in [1.82, 2.24) is 15.0 Å². The number of hydrogen-bond acceptors (Lipinski definition) is 15. The Kier molecular flexibility index (Phi) is 19.7. The molecular formula is C47H40F3N9O9S3. The third-order valence-corrected chi connectivity index (χ3v) is 12.2. The summed E-state index contributed by atoms with van der Waals surface area (Å²) in [7, 11) is 0. The van der Waals surface area contributed by atoms with Gasteiger partial charge in [-0.2, -0.15) is 15.8 Å². The minimum absolute atomic E-state index is 0.100. The molecule has 0 aliphatic heterocycles. The van der Waals surface area contributed by atoms with Crippen LogP contribution in [0.4, 0.5) is 28.6 Å². The molecule has 0 aliphatic carbocycles. The zero-order valence-corrected chi connectivity index (χ0v) is 40.2. The van der Waals surface area contributed by atoms with Gasteiger partial charge in [0, 0.05) is 34.9 Å². The van der Waals surface area contributed by atoms with Gasteiger partial charge in [-0.3, -0.25) is 28.8 Å². The largest absolute Gasteiger partial charge is 0.481 e. The number of halogens is 3. The van der Waals surface area contributed by atoms with E-state index >= 15 is 0 Å². The maximum absolute atomic E-state index is 13.0. The van der Waals surface area contributed by atoms with Crippen LogP contribution in [0.15, 0.2) is 72.8 Å². The lowest BCUT2D eigenvalue weighted by atomic mass is 9.88. The highest BCUT2D eigenvalue weighted by molar-refractivity contribution is 7.17. The summed E-state index contributed by atoms with van der Waals surface area (Å²) in [6, 6.07) is 22.5. The van der Waals surface area contributed by atoms with Crippen LogP contribution in [-0.4, -0.2) is 65.9 Å². The fourth-order valence-corrected chi connectivity index (χ4v) is 8.12. The smallest absolute Gasteiger partial charge is 0.304 e. The van der Waals surface area contributed by atoms with Crippen LogP contribution in [0.1, 0.15) is 68.0 Å². The normalized spacial score (nSPS) is 11.3. The number of carbonyl (C=O) groups is 6. The molecule has 6 rings (SSSR count). The van der Waals surface area contributed by atoms with Gasteiger partial charge in [-0.1, -0.05) is 61.7 Å². The van der Waals surface area contributed by atoms with Crippen molar-refractivity contribution in [1.29, 1.82) is 15.8 Å². The second kappa shape index (κ2) is 25.3. The summed E-state index contributed by atoms with van der Waals surface area (Å²) in [6.45, 7) is 6.13. The quantitative estimate of drug-likeness (QED) is 0.0526. The van der Waals surface area contributed by atoms with Gasteiger partial charge in [-0.05, 0) is 79.2 Å². The van der Waals surface area contributed by atoms with E-state index in [1.54, 1.807) is 6.92 Å². The molecule has 0 radical (unpaired) electrons. The number of rotatable bonds is 16. The molecule has 6 N–H and O–H groups in total. The summed E-state index contributed by atoms with van der Waals surface area (Å²) in [5.41, 5.74) is 1.61. The van der Waals surface area contributed by atoms with Crippen molar-refractivity contribution in [3.8, 4) is 52.0 Å². The third-order valence-electron chi connectivity index (χ3n) is 9.59. The molecule has 3 heterocycles. The van der Waals surface area contributed by atoms with Gasteiger partial charge in [0.25, 0.3) is 0 Å². The van der Waals surface area contributed by atoms with Crippen LogP contribution in [0.25, 0.3) is 33.8 Å². The van der Waals surface area contributed by atoms with Crippen molar-refractivity contribution >= 4 is 85.0 Å². The van der Waals surface area contributed by atoms with Crippen molar-refractivity contribution in [2.45, 2.75) is 53.4 Å². The van der Waals surface area contributed by atoms with Gasteiger partial charge in [-0.15, -0.1) is 0 Å². The van der Waals surface area contributed by atoms with Gasteiger partial charge in [-0.25, -0.2) is 28.1 Å². The average molecular weight is 1030 g/mol. The molecule has 0 saturated carbocycles. The number of carbonyl (C=O) groups excluding carboxylic acids is 3. The van der Waals surface area contributed by atoms with Crippen LogP contribution in [0, 0.1) is 68.7 Å². The zero-order valence-electron chi connectivity index (χ0n) is 37.7. The Labute approximate surface area is 414 Å². The van der Waals surface area contributed by atoms with Crippen LogP contribution in [0.2, 0.25) is 0 Å². The highest BCUT2D eigenvalue weighted by Crippen LogP contribution is 2.34. The molecule has 71 heavy (non-hydrogen) atoms. The third kappa shape index (κ3) is 16.4. The number of nitrogens with one attached hydrogen (secondary N) is 3. The van der Waals surface area contributed by atoms with Gasteiger partial charge in [0.2, 0.25) is 17.7 Å². The number of thiazole rings is 3. The second-order valence-electron chi connectivity index (χ2n) is 15.7. The van der Waals surface area contributed by atoms with Gasteiger partial charge in [0.15, 0.2) is 15.4 Å². The number of nitrogens with zero attached hydrogens (tertiary/aromatic N) is 6. The van der Waals surface area contributed by atoms with E-state index in [4.69, 9.17) is 20.6 Å². The molecule has 0 bridgehead atoms. The molecule has 2 atom stereocenters. The van der Waals surface area contributed by atoms with E-state index in [-0.39, 0.29) is 56.7 Å². The van der Waals surface area contributed by atoms with E-state index in [1.165, 1.54) is 93.6 Å². The molecule has 3 amide bonds. The summed E-state index contributed by atoms with van der Waals surface area (Å²) in [6.07, 6.45) is -0.521. The molecule has 3 aromatic carbocycles. The van der Waals surface area contributed by atoms with Gasteiger partial charge in [0.1, 0.15) is 67.4 Å². The van der Waals surface area contributed by atoms with E-state index in [0.717, 1.165) is 34.0 Å². The van der Waals surface area contributed by atoms with Crippen LogP contribution in [0.5, 0.6) is 0 Å². The minimum atomic E-state index is -1.12. The molecule has 1 unspecified atom stereocenters. The van der Waals surface area contributed by atoms with E-state index < -0.39 is 64.4 Å². The molecule has 0 saturated heterocycles. The monoisotopic (exact) mass is 1030 g/mol. The van der Waals surface area contributed by atoms with E-state index in [0.29, 0.717) is 38.6 Å². The van der Waals surface area contributed by atoms with Crippen LogP contribution in [-0.2, 0) is 28.8 Å². The zero-order chi connectivity index (χ0) is 52.6. The summed E-state index contributed by atoms with van der Waals surface area (Å²) < 4.78 is 39.0. The van der Waals surface area contributed by atoms with E-state index in [9.17, 15) is 52.5 Å². The van der Waals surface area contributed by atoms with Crippen molar-refractivity contribution in [3.05, 3.63) is 105 Å². The number of hydrogen-bond donors (Lipinski definition) is 6. The Balaban J connectivity index is 0.000000231. The van der Waals surface area contributed by atoms with Crippen LogP contribution >= 0.6 is 34.0 Å². The minimum Gasteiger partial charge on any atom is -0.481 e. The van der Waals surface area contributed by atoms with Gasteiger partial charge >= 0.3 is 17.9 Å². The predicted molar refractivity (Wildman–Crippen MR) is 256 cm³/mol. The number of amides is 3. The summed E-state index contributed by atoms with van der Waals surface area (Å²) in [4.78, 5) is 81.6. The number of carboxylic acids is 3. The first-order valence-electron chi connectivity index (χ1n) is 20.6. The maximum Gasteiger partial charge on any atom is 0.304 e. The molecule has 3 aromatic heterocycles. The number of carboxylic acid groups (broad SMARTS) is 3. The first-order valence-corrected chi connectivity index (χ1v) is 23.1. The van der Waals surface area contributed by atoms with Crippen LogP contribution in [0.3, 0.4) is 0 Å². The van der Waals surface area contributed by atoms with Crippen molar-refractivity contribution in [2.75, 3.05) is 16.0 Å². The summed E-state index contributed by atoms with van der Waals surface area (Å²) in [5.74, 6) is -6.90. The van der Waals surface area contributed by atoms with Gasteiger partial charge in [0.05, 0.1) is 18.3 Å². The molecule has 0 spiro atoms. The molecule has 24 heteroatoms. The van der Waals surface area contributed by atoms with Crippen molar-refractivity contribution < 1.29 is 57.3 Å². The first kappa shape index (κ1) is 55.2. The Morgan fingerprint density at radius 1 is 0.563 bits per heavy atom. The molecule has 6 aromatic rings. The Morgan fingerprint density at radius 2 is 0.901 bits per heavy atom. The summed E-state index contributed by atoms with van der Waals surface area (Å²) >= 11 is 2.97. The van der Waals surface area contributed by atoms with Gasteiger partial charge < -0.3 is 31.3 Å². The number of aromatic nitrogens is 3. The lowest BCUT2D eigenvalue weighted by Crippen LogP contribution is -2.32. The first-order chi connectivity index (χ1) is 33.5. The van der Waals surface area contributed by atoms with E-state index in [2.05, 4.69) is 30.9 Å². The summed E-state index contributed by atoms with van der Waals surface area (Å²) in [5, 5.41) is 62.1. The Bertz CT molecular complexity index is 3050. The number of benzene rings is 3. The molecule has 18 nitrogen and oxygen atoms in total. The second-order valence-corrected chi connectivity index (χ2v) is 18.7. The maximum atomic E-state index is 13.0. The Hall–Kier alpha value is -8.37. The fraction of sp³-hybridized carbons (Fsp3) is 0.234. The van der Waals surface area contributed by atoms with E-state index in [1.807, 2.05) is 18.2 Å². The predicted octanol–water partition coefficient (Wildman–Crippen LogP) is 9.39. The fourth-order valence-electron chi connectivity index (χ4n) is 5.77. The highest BCUT2D eigenvalue weighted by atomic mass is 32.1. The molecule has 0 fully saturated rings.